The Kier molecular flexibility index (Phi) is 5.24. The average molecular weight is 444 g/mol. The van der Waals surface area contributed by atoms with E-state index >= 15 is 0 Å². The fraction of sp³-hybridized carbons (Fsp3) is 0.455. The predicted octanol–water partition coefficient (Wildman–Crippen LogP) is 4.27. The van der Waals surface area contributed by atoms with Crippen LogP contribution in [0.25, 0.3) is 10.3 Å². The number of thiazole rings is 1. The maximum Gasteiger partial charge on any atom is 0.281 e. The molecule has 0 amide bonds. The van der Waals surface area contributed by atoms with E-state index in [1.165, 1.54) is 36.0 Å². The summed E-state index contributed by atoms with van der Waals surface area (Å²) in [4.78, 5) is 11.2. The third-order valence-corrected chi connectivity index (χ3v) is 8.12. The predicted molar refractivity (Wildman–Crippen MR) is 119 cm³/mol. The second-order valence-electron chi connectivity index (χ2n) is 8.54. The first-order valence-electron chi connectivity index (χ1n) is 10.3. The van der Waals surface area contributed by atoms with Gasteiger partial charge in [0.2, 0.25) is 0 Å². The zero-order valence-corrected chi connectivity index (χ0v) is 18.5. The molecule has 0 spiro atoms. The van der Waals surface area contributed by atoms with E-state index in [4.69, 9.17) is 4.74 Å². The molecule has 30 heavy (non-hydrogen) atoms. The van der Waals surface area contributed by atoms with Crippen LogP contribution in [-0.2, 0) is 16.4 Å². The van der Waals surface area contributed by atoms with Gasteiger partial charge in [0.25, 0.3) is 5.19 Å². The Morgan fingerprint density at radius 3 is 2.53 bits per heavy atom. The lowest BCUT2D eigenvalue weighted by Gasteiger charge is -2.38. The van der Waals surface area contributed by atoms with Gasteiger partial charge in [-0.05, 0) is 61.4 Å². The van der Waals surface area contributed by atoms with Gasteiger partial charge in [-0.1, -0.05) is 23.5 Å². The first kappa shape index (κ1) is 19.9. The number of rotatable bonds is 6. The molecule has 3 aromatic rings. The summed E-state index contributed by atoms with van der Waals surface area (Å²) < 4.78 is 30.3. The highest BCUT2D eigenvalue weighted by atomic mass is 32.2. The molecule has 2 fully saturated rings. The number of ether oxygens (including phenoxy) is 1. The van der Waals surface area contributed by atoms with Crippen molar-refractivity contribution in [3.05, 3.63) is 48.2 Å². The number of sulfone groups is 1. The minimum absolute atomic E-state index is 0.313. The second kappa shape index (κ2) is 7.90. The Bertz CT molecular complexity index is 1100. The summed E-state index contributed by atoms with van der Waals surface area (Å²) in [6.45, 7) is 0.909. The number of piperidine rings is 1. The maximum atomic E-state index is 11.7. The van der Waals surface area contributed by atoms with Crippen LogP contribution in [0.15, 0.2) is 42.6 Å². The molecule has 0 saturated carbocycles. The van der Waals surface area contributed by atoms with Crippen molar-refractivity contribution in [2.24, 2.45) is 5.92 Å². The molecule has 1 aromatic carbocycles. The minimum Gasteiger partial charge on any atom is -0.431 e. The highest BCUT2D eigenvalue weighted by Crippen LogP contribution is 2.40. The smallest absolute Gasteiger partial charge is 0.281 e. The molecule has 2 aliphatic rings. The number of hydrogen-bond acceptors (Lipinski definition) is 7. The Morgan fingerprint density at radius 1 is 1.13 bits per heavy atom. The molecule has 2 aromatic heterocycles. The van der Waals surface area contributed by atoms with Gasteiger partial charge < -0.3 is 4.74 Å². The summed E-state index contributed by atoms with van der Waals surface area (Å²) in [5.41, 5.74) is 1.97. The lowest BCUT2D eigenvalue weighted by molar-refractivity contribution is 0.103. The van der Waals surface area contributed by atoms with Gasteiger partial charge in [0.15, 0.2) is 5.65 Å². The van der Waals surface area contributed by atoms with E-state index in [9.17, 15) is 8.42 Å². The number of aromatic nitrogens is 2. The normalized spacial score (nSPS) is 24.4. The topological polar surface area (TPSA) is 72.4 Å². The van der Waals surface area contributed by atoms with Gasteiger partial charge >= 0.3 is 0 Å². The Labute approximate surface area is 180 Å². The van der Waals surface area contributed by atoms with Gasteiger partial charge in [0, 0.05) is 31.1 Å². The van der Waals surface area contributed by atoms with Crippen molar-refractivity contribution in [2.75, 3.05) is 12.0 Å². The van der Waals surface area contributed by atoms with Crippen LogP contribution in [0.1, 0.15) is 31.2 Å². The molecule has 5 rings (SSSR count). The third-order valence-electron chi connectivity index (χ3n) is 6.16. The molecule has 8 heteroatoms. The van der Waals surface area contributed by atoms with E-state index in [-0.39, 0.29) is 0 Å². The summed E-state index contributed by atoms with van der Waals surface area (Å²) in [6.07, 6.45) is 7.44. The van der Waals surface area contributed by atoms with Crippen molar-refractivity contribution in [1.29, 1.82) is 0 Å². The average Bonchev–Trinajstić information content (AvgIpc) is 3.19. The van der Waals surface area contributed by atoms with Gasteiger partial charge in [0.05, 0.1) is 10.5 Å². The molecule has 3 atom stereocenters. The molecule has 4 heterocycles. The van der Waals surface area contributed by atoms with Crippen LogP contribution < -0.4 is 4.74 Å². The van der Waals surface area contributed by atoms with Crippen LogP contribution in [0.3, 0.4) is 0 Å². The molecule has 0 N–H and O–H groups in total. The molecule has 0 aliphatic carbocycles. The molecule has 2 aliphatic heterocycles. The summed E-state index contributed by atoms with van der Waals surface area (Å²) in [5, 5.41) is 0.599. The Morgan fingerprint density at radius 2 is 1.87 bits per heavy atom. The molecule has 2 bridgehead atoms. The number of pyridine rings is 1. The number of hydrogen-bond donors (Lipinski definition) is 0. The first-order valence-corrected chi connectivity index (χ1v) is 13.2. The molecule has 158 valence electrons. The van der Waals surface area contributed by atoms with Crippen molar-refractivity contribution in [3.8, 4) is 10.9 Å². The lowest BCUT2D eigenvalue weighted by atomic mass is 9.92. The zero-order chi connectivity index (χ0) is 20.7. The van der Waals surface area contributed by atoms with Crippen molar-refractivity contribution in [2.45, 2.75) is 44.3 Å². The standard InChI is InChI=1S/C22H25N3O3S2/c1-30(26,27)14-16-11-17-6-7-18(12-16)25(17)13-15-4-8-19(9-5-15)28-22-24-21-20(29-22)3-2-10-23-21/h2-5,8-10,16-18H,6-7,11-14H2,1H3/t16?,17-,18?/m0/s1. The SMILES string of the molecule is CS(=O)(=O)CC1CC2CC[C@@H](C1)N2Cc1ccc(Oc2nc3ncccc3s2)cc1. The van der Waals surface area contributed by atoms with Crippen LogP contribution in [0.4, 0.5) is 0 Å². The van der Waals surface area contributed by atoms with E-state index in [0.29, 0.717) is 34.6 Å². The summed E-state index contributed by atoms with van der Waals surface area (Å²) in [5.74, 6) is 1.42. The van der Waals surface area contributed by atoms with Gasteiger partial charge in [-0.3, -0.25) is 4.90 Å². The van der Waals surface area contributed by atoms with Crippen molar-refractivity contribution in [3.63, 3.8) is 0 Å². The summed E-state index contributed by atoms with van der Waals surface area (Å²) in [7, 11) is -2.90. The quantitative estimate of drug-likeness (QED) is 0.566. The van der Waals surface area contributed by atoms with Crippen molar-refractivity contribution >= 4 is 31.5 Å². The van der Waals surface area contributed by atoms with Gasteiger partial charge in [0.1, 0.15) is 15.6 Å². The molecule has 2 unspecified atom stereocenters. The second-order valence-corrected chi connectivity index (χ2v) is 11.7. The number of benzene rings is 1. The van der Waals surface area contributed by atoms with Crippen LogP contribution >= 0.6 is 11.3 Å². The molecular formula is C22H25N3O3S2. The number of nitrogens with zero attached hydrogens (tertiary/aromatic N) is 3. The van der Waals surface area contributed by atoms with Gasteiger partial charge in [-0.2, -0.15) is 4.98 Å². The Balaban J connectivity index is 1.22. The van der Waals surface area contributed by atoms with E-state index in [0.717, 1.165) is 29.8 Å². The Hall–Kier alpha value is -2.03. The monoisotopic (exact) mass is 443 g/mol. The molecule has 6 nitrogen and oxygen atoms in total. The van der Waals surface area contributed by atoms with Crippen LogP contribution in [0, 0.1) is 5.92 Å². The third kappa shape index (κ3) is 4.36. The van der Waals surface area contributed by atoms with Crippen LogP contribution in [0.2, 0.25) is 0 Å². The van der Waals surface area contributed by atoms with Crippen molar-refractivity contribution < 1.29 is 13.2 Å². The van der Waals surface area contributed by atoms with E-state index in [1.54, 1.807) is 6.20 Å². The fourth-order valence-electron chi connectivity index (χ4n) is 4.98. The molecule has 2 saturated heterocycles. The van der Waals surface area contributed by atoms with Gasteiger partial charge in [-0.25, -0.2) is 13.4 Å². The van der Waals surface area contributed by atoms with Crippen molar-refractivity contribution in [1.82, 2.24) is 14.9 Å². The summed E-state index contributed by atoms with van der Waals surface area (Å²) in [6, 6.07) is 13.1. The summed E-state index contributed by atoms with van der Waals surface area (Å²) >= 11 is 1.49. The van der Waals surface area contributed by atoms with E-state index in [2.05, 4.69) is 27.0 Å². The van der Waals surface area contributed by atoms with Gasteiger partial charge in [-0.15, -0.1) is 0 Å². The highest BCUT2D eigenvalue weighted by Gasteiger charge is 2.41. The van der Waals surface area contributed by atoms with Crippen LogP contribution in [-0.4, -0.2) is 47.4 Å². The number of fused-ring (bicyclic) bond motifs is 3. The maximum absolute atomic E-state index is 11.7. The molecular weight excluding hydrogens is 418 g/mol. The van der Waals surface area contributed by atoms with Crippen LogP contribution in [0.5, 0.6) is 10.9 Å². The molecule has 0 radical (unpaired) electrons. The van der Waals surface area contributed by atoms with E-state index < -0.39 is 9.84 Å². The zero-order valence-electron chi connectivity index (χ0n) is 16.9. The first-order chi connectivity index (χ1) is 14.4. The largest absolute Gasteiger partial charge is 0.431 e. The highest BCUT2D eigenvalue weighted by molar-refractivity contribution is 7.90. The fourth-order valence-corrected chi connectivity index (χ4v) is 6.90. The van der Waals surface area contributed by atoms with E-state index in [1.807, 2.05) is 24.3 Å². The minimum atomic E-state index is -2.90. The lowest BCUT2D eigenvalue weighted by Crippen LogP contribution is -2.43.